The molecule has 4 rings (SSSR count). The average molecular weight is 389 g/mol. The lowest BCUT2D eigenvalue weighted by Gasteiger charge is -2.29. The van der Waals surface area contributed by atoms with E-state index in [1.54, 1.807) is 10.9 Å². The molecular weight excluding hydrogens is 370 g/mol. The van der Waals surface area contributed by atoms with E-state index in [1.807, 2.05) is 36.0 Å². The van der Waals surface area contributed by atoms with Gasteiger partial charge in [-0.15, -0.1) is 0 Å². The van der Waals surface area contributed by atoms with E-state index in [4.69, 9.17) is 0 Å². The molecule has 24 heavy (non-hydrogen) atoms. The van der Waals surface area contributed by atoms with Crippen molar-refractivity contribution >= 4 is 37.7 Å². The first kappa shape index (κ1) is 15.7. The number of nitrogens with zero attached hydrogens (tertiary/aromatic N) is 3. The van der Waals surface area contributed by atoms with Gasteiger partial charge in [-0.1, -0.05) is 12.8 Å². The topological polar surface area (TPSA) is 59.0 Å². The Bertz CT molecular complexity index is 999. The van der Waals surface area contributed by atoms with Crippen molar-refractivity contribution in [1.29, 1.82) is 0 Å². The van der Waals surface area contributed by atoms with E-state index < -0.39 is 6.10 Å². The molecule has 1 fully saturated rings. The van der Waals surface area contributed by atoms with Crippen LogP contribution in [0.5, 0.6) is 0 Å². The van der Waals surface area contributed by atoms with Gasteiger partial charge >= 0.3 is 0 Å². The third kappa shape index (κ3) is 2.36. The van der Waals surface area contributed by atoms with Crippen LogP contribution in [0.25, 0.3) is 21.8 Å². The van der Waals surface area contributed by atoms with Gasteiger partial charge in [-0.2, -0.15) is 4.57 Å². The van der Waals surface area contributed by atoms with Crippen LogP contribution < -0.4 is 10.1 Å². The fourth-order valence-electron chi connectivity index (χ4n) is 3.76. The summed E-state index contributed by atoms with van der Waals surface area (Å²) in [5.41, 5.74) is 1.54. The van der Waals surface area contributed by atoms with Gasteiger partial charge in [-0.05, 0) is 40.9 Å². The van der Waals surface area contributed by atoms with E-state index >= 15 is 0 Å². The number of rotatable bonds is 1. The van der Waals surface area contributed by atoms with Gasteiger partial charge in [0.25, 0.3) is 5.56 Å². The van der Waals surface area contributed by atoms with E-state index in [2.05, 4.69) is 20.9 Å². The van der Waals surface area contributed by atoms with Gasteiger partial charge in [-0.25, -0.2) is 4.98 Å². The molecule has 5 nitrogen and oxygen atoms in total. The molecule has 2 atom stereocenters. The SMILES string of the molecule is C[n+]1cccc2c(Br)cc3c(=O)n(C4CCCCC4O)cnc3c21. The Morgan fingerprint density at radius 1 is 1.33 bits per heavy atom. The van der Waals surface area contributed by atoms with Crippen LogP contribution in [0, 0.1) is 0 Å². The second-order valence-corrected chi connectivity index (χ2v) is 7.37. The Morgan fingerprint density at radius 2 is 2.12 bits per heavy atom. The molecular formula is C18H19BrN3O2+. The van der Waals surface area contributed by atoms with Crippen LogP contribution in [0.2, 0.25) is 0 Å². The third-order valence-corrected chi connectivity index (χ3v) is 5.67. The second kappa shape index (κ2) is 5.93. The van der Waals surface area contributed by atoms with Crippen LogP contribution >= 0.6 is 15.9 Å². The van der Waals surface area contributed by atoms with Crippen molar-refractivity contribution in [1.82, 2.24) is 9.55 Å². The van der Waals surface area contributed by atoms with Gasteiger partial charge in [0.05, 0.1) is 29.2 Å². The number of hydrogen-bond acceptors (Lipinski definition) is 3. The van der Waals surface area contributed by atoms with Crippen molar-refractivity contribution in [3.8, 4) is 0 Å². The second-order valence-electron chi connectivity index (χ2n) is 6.51. The molecule has 1 aliphatic rings. The summed E-state index contributed by atoms with van der Waals surface area (Å²) in [5, 5.41) is 11.9. The summed E-state index contributed by atoms with van der Waals surface area (Å²) in [6.07, 6.45) is 6.68. The van der Waals surface area contributed by atoms with Crippen molar-refractivity contribution in [3.63, 3.8) is 0 Å². The molecule has 1 saturated carbocycles. The quantitative estimate of drug-likeness (QED) is 0.514. The van der Waals surface area contributed by atoms with Crippen LogP contribution in [0.1, 0.15) is 31.7 Å². The largest absolute Gasteiger partial charge is 0.391 e. The summed E-state index contributed by atoms with van der Waals surface area (Å²) < 4.78 is 4.48. The number of pyridine rings is 1. The van der Waals surface area contributed by atoms with E-state index in [-0.39, 0.29) is 11.6 Å². The fraction of sp³-hybridized carbons (Fsp3) is 0.389. The van der Waals surface area contributed by atoms with Crippen molar-refractivity contribution in [2.75, 3.05) is 0 Å². The molecule has 6 heteroatoms. The maximum atomic E-state index is 13.1. The molecule has 2 heterocycles. The molecule has 0 bridgehead atoms. The highest BCUT2D eigenvalue weighted by atomic mass is 79.9. The molecule has 3 aromatic rings. The van der Waals surface area contributed by atoms with Crippen LogP contribution in [0.15, 0.2) is 40.0 Å². The minimum absolute atomic E-state index is 0.0857. The van der Waals surface area contributed by atoms with Crippen LogP contribution in [0.3, 0.4) is 0 Å². The van der Waals surface area contributed by atoms with E-state index in [0.29, 0.717) is 10.9 Å². The molecule has 1 aliphatic carbocycles. The predicted octanol–water partition coefficient (Wildman–Crippen LogP) is 2.61. The molecule has 0 radical (unpaired) electrons. The van der Waals surface area contributed by atoms with Gasteiger partial charge in [0, 0.05) is 10.5 Å². The number of hydrogen-bond donors (Lipinski definition) is 1. The van der Waals surface area contributed by atoms with Gasteiger partial charge in [0.2, 0.25) is 5.52 Å². The smallest absolute Gasteiger partial charge is 0.261 e. The third-order valence-electron chi connectivity index (χ3n) is 5.02. The first-order chi connectivity index (χ1) is 11.6. The maximum Gasteiger partial charge on any atom is 0.261 e. The standard InChI is InChI=1S/C18H19BrN3O2/c1-21-8-4-5-11-13(19)9-12-16(17(11)21)20-10-22(18(12)24)14-6-2-3-7-15(14)23/h4-5,8-10,14-15,23H,2-3,6-7H2,1H3/q+1. The molecule has 2 aromatic heterocycles. The van der Waals surface area contributed by atoms with Gasteiger partial charge < -0.3 is 5.11 Å². The molecule has 1 N–H and O–H groups in total. The van der Waals surface area contributed by atoms with Gasteiger partial charge in [-0.3, -0.25) is 9.36 Å². The molecule has 124 valence electrons. The molecule has 0 spiro atoms. The van der Waals surface area contributed by atoms with E-state index in [9.17, 15) is 9.90 Å². The number of aryl methyl sites for hydroxylation is 1. The minimum Gasteiger partial charge on any atom is -0.391 e. The highest BCUT2D eigenvalue weighted by molar-refractivity contribution is 9.10. The van der Waals surface area contributed by atoms with Crippen molar-refractivity contribution in [2.24, 2.45) is 7.05 Å². The fourth-order valence-corrected chi connectivity index (χ4v) is 4.31. The summed E-state index contributed by atoms with van der Waals surface area (Å²) in [6.45, 7) is 0. The number of benzene rings is 1. The van der Waals surface area contributed by atoms with Gasteiger partial charge in [0.1, 0.15) is 12.6 Å². The molecule has 1 aromatic carbocycles. The summed E-state index contributed by atoms with van der Waals surface area (Å²) in [7, 11) is 1.95. The molecule has 0 amide bonds. The lowest BCUT2D eigenvalue weighted by molar-refractivity contribution is -0.644. The number of aliphatic hydroxyl groups excluding tert-OH is 1. The van der Waals surface area contributed by atoms with Crippen molar-refractivity contribution < 1.29 is 9.67 Å². The summed E-state index contributed by atoms with van der Waals surface area (Å²) in [4.78, 5) is 17.7. The number of halogens is 1. The minimum atomic E-state index is -0.476. The number of fused-ring (bicyclic) bond motifs is 3. The predicted molar refractivity (Wildman–Crippen MR) is 95.9 cm³/mol. The Morgan fingerprint density at radius 3 is 2.92 bits per heavy atom. The van der Waals surface area contributed by atoms with Gasteiger partial charge in [0.15, 0.2) is 6.20 Å². The van der Waals surface area contributed by atoms with Crippen molar-refractivity contribution in [2.45, 2.75) is 37.8 Å². The normalized spacial score (nSPS) is 21.5. The first-order valence-electron chi connectivity index (χ1n) is 8.23. The van der Waals surface area contributed by atoms with Crippen molar-refractivity contribution in [3.05, 3.63) is 45.5 Å². The Kier molecular flexibility index (Phi) is 3.89. The Balaban J connectivity index is 2.02. The first-order valence-corrected chi connectivity index (χ1v) is 9.03. The van der Waals surface area contributed by atoms with Crippen LogP contribution in [0.4, 0.5) is 0 Å². The highest BCUT2D eigenvalue weighted by Crippen LogP contribution is 2.30. The summed E-state index contributed by atoms with van der Waals surface area (Å²) >= 11 is 3.58. The molecule has 2 unspecified atom stereocenters. The maximum absolute atomic E-state index is 13.1. The van der Waals surface area contributed by atoms with E-state index in [1.165, 1.54) is 0 Å². The molecule has 0 aliphatic heterocycles. The monoisotopic (exact) mass is 388 g/mol. The molecule has 0 saturated heterocycles. The Hall–Kier alpha value is -1.79. The lowest BCUT2D eigenvalue weighted by atomic mass is 9.92. The summed E-state index contributed by atoms with van der Waals surface area (Å²) in [5.74, 6) is 0. The average Bonchev–Trinajstić information content (AvgIpc) is 2.57. The highest BCUT2D eigenvalue weighted by Gasteiger charge is 2.27. The lowest BCUT2D eigenvalue weighted by Crippen LogP contribution is -2.35. The summed E-state index contributed by atoms with van der Waals surface area (Å²) in [6, 6.07) is 5.65. The zero-order chi connectivity index (χ0) is 16.8. The van der Waals surface area contributed by atoms with E-state index in [0.717, 1.165) is 41.1 Å². The number of aromatic nitrogens is 3. The zero-order valence-corrected chi connectivity index (χ0v) is 15.0. The Labute approximate surface area is 147 Å². The number of aliphatic hydroxyl groups is 1. The van der Waals surface area contributed by atoms with Crippen LogP contribution in [-0.4, -0.2) is 20.8 Å². The van der Waals surface area contributed by atoms with Crippen LogP contribution in [-0.2, 0) is 7.05 Å². The zero-order valence-electron chi connectivity index (χ0n) is 13.4.